The summed E-state index contributed by atoms with van der Waals surface area (Å²) in [5.74, 6) is 0.261. The highest BCUT2D eigenvalue weighted by atomic mass is 79.9. The van der Waals surface area contributed by atoms with E-state index < -0.39 is 0 Å². The van der Waals surface area contributed by atoms with Crippen LogP contribution in [0.1, 0.15) is 43.7 Å². The molecule has 0 radical (unpaired) electrons. The number of rotatable bonds is 2. The number of nitrogens with two attached hydrogens (primary N) is 1. The fraction of sp³-hybridized carbons (Fsp3) is 0.538. The van der Waals surface area contributed by atoms with Crippen LogP contribution >= 0.6 is 28.3 Å². The third kappa shape index (κ3) is 3.67. The minimum absolute atomic E-state index is 0. The molecule has 0 bridgehead atoms. The Hall–Kier alpha value is -0.120. The molecule has 0 amide bonds. The Morgan fingerprint density at radius 3 is 2.47 bits per heavy atom. The van der Waals surface area contributed by atoms with Crippen LogP contribution in [0.3, 0.4) is 0 Å². The molecule has 0 aliphatic heterocycles. The molecule has 1 aromatic rings. The van der Waals surface area contributed by atoms with E-state index in [-0.39, 0.29) is 24.3 Å². The molecule has 2 N–H and O–H groups in total. The van der Waals surface area contributed by atoms with Crippen molar-refractivity contribution in [3.63, 3.8) is 0 Å². The van der Waals surface area contributed by atoms with Crippen molar-refractivity contribution in [3.8, 4) is 0 Å². The fourth-order valence-corrected chi connectivity index (χ4v) is 2.85. The molecule has 1 nitrogen and oxygen atoms in total. The summed E-state index contributed by atoms with van der Waals surface area (Å²) in [6.07, 6.45) is 6.03. The molecule has 0 aromatic heterocycles. The summed E-state index contributed by atoms with van der Waals surface area (Å²) in [7, 11) is 0. The molecule has 2 rings (SSSR count). The van der Waals surface area contributed by atoms with Gasteiger partial charge in [-0.15, -0.1) is 12.4 Å². The largest absolute Gasteiger partial charge is 0.324 e. The highest BCUT2D eigenvalue weighted by Crippen LogP contribution is 2.34. The topological polar surface area (TPSA) is 26.0 Å². The first kappa shape index (κ1) is 14.9. The summed E-state index contributed by atoms with van der Waals surface area (Å²) >= 11 is 3.26. The number of benzene rings is 1. The molecule has 1 atom stereocenters. The van der Waals surface area contributed by atoms with E-state index in [1.807, 2.05) is 6.07 Å². The van der Waals surface area contributed by atoms with Crippen LogP contribution in [-0.2, 0) is 0 Å². The van der Waals surface area contributed by atoms with Gasteiger partial charge in [0.1, 0.15) is 5.82 Å². The van der Waals surface area contributed by atoms with Crippen molar-refractivity contribution in [2.75, 3.05) is 0 Å². The molecule has 1 fully saturated rings. The van der Waals surface area contributed by atoms with Crippen LogP contribution in [0.2, 0.25) is 0 Å². The molecule has 0 unspecified atom stereocenters. The smallest absolute Gasteiger partial charge is 0.129 e. The molecule has 17 heavy (non-hydrogen) atoms. The molecule has 1 aromatic carbocycles. The first-order chi connectivity index (χ1) is 7.68. The van der Waals surface area contributed by atoms with Crippen LogP contribution in [0.5, 0.6) is 0 Å². The molecule has 4 heteroatoms. The highest BCUT2D eigenvalue weighted by molar-refractivity contribution is 9.10. The molecule has 0 heterocycles. The summed E-state index contributed by atoms with van der Waals surface area (Å²) in [6.45, 7) is 0. The maximum atomic E-state index is 13.7. The van der Waals surface area contributed by atoms with Crippen LogP contribution in [0, 0.1) is 11.7 Å². The van der Waals surface area contributed by atoms with E-state index >= 15 is 0 Å². The van der Waals surface area contributed by atoms with Gasteiger partial charge in [-0.2, -0.15) is 0 Å². The van der Waals surface area contributed by atoms with Crippen molar-refractivity contribution in [1.29, 1.82) is 0 Å². The molecule has 1 aliphatic rings. The van der Waals surface area contributed by atoms with Gasteiger partial charge in [-0.05, 0) is 30.9 Å². The first-order valence-electron chi connectivity index (χ1n) is 5.89. The van der Waals surface area contributed by atoms with Crippen molar-refractivity contribution < 1.29 is 4.39 Å². The van der Waals surface area contributed by atoms with Crippen molar-refractivity contribution in [2.24, 2.45) is 11.7 Å². The Balaban J connectivity index is 0.00000144. The lowest BCUT2D eigenvalue weighted by atomic mass is 9.81. The monoisotopic (exact) mass is 321 g/mol. The van der Waals surface area contributed by atoms with Crippen LogP contribution in [0.25, 0.3) is 0 Å². The lowest BCUT2D eigenvalue weighted by Crippen LogP contribution is -2.24. The van der Waals surface area contributed by atoms with E-state index in [9.17, 15) is 4.39 Å². The van der Waals surface area contributed by atoms with Gasteiger partial charge in [0.2, 0.25) is 0 Å². The minimum atomic E-state index is -0.188. The van der Waals surface area contributed by atoms with E-state index in [0.29, 0.717) is 11.5 Å². The predicted molar refractivity (Wildman–Crippen MR) is 74.9 cm³/mol. The number of halogens is 3. The van der Waals surface area contributed by atoms with Gasteiger partial charge in [-0.3, -0.25) is 0 Å². The standard InChI is InChI=1S/C13H17BrFN.ClH/c14-10-6-7-11(12(15)8-10)13(16)9-4-2-1-3-5-9;/h6-9,13H,1-5,16H2;1H/t13-;/m0./s1. The van der Waals surface area contributed by atoms with Crippen LogP contribution in [0.4, 0.5) is 4.39 Å². The van der Waals surface area contributed by atoms with Crippen molar-refractivity contribution in [2.45, 2.75) is 38.1 Å². The highest BCUT2D eigenvalue weighted by Gasteiger charge is 2.23. The normalized spacial score (nSPS) is 18.5. The van der Waals surface area contributed by atoms with E-state index in [0.717, 1.165) is 17.3 Å². The molecule has 0 saturated heterocycles. The van der Waals surface area contributed by atoms with Gasteiger partial charge in [0.25, 0.3) is 0 Å². The van der Waals surface area contributed by atoms with Gasteiger partial charge in [-0.25, -0.2) is 4.39 Å². The third-order valence-electron chi connectivity index (χ3n) is 3.48. The minimum Gasteiger partial charge on any atom is -0.324 e. The molecular weight excluding hydrogens is 305 g/mol. The van der Waals surface area contributed by atoms with Gasteiger partial charge in [0, 0.05) is 16.1 Å². The second-order valence-electron chi connectivity index (χ2n) is 4.59. The van der Waals surface area contributed by atoms with Gasteiger partial charge in [-0.1, -0.05) is 41.3 Å². The zero-order valence-electron chi connectivity index (χ0n) is 9.66. The molecule has 1 aliphatic carbocycles. The average molecular weight is 323 g/mol. The first-order valence-corrected chi connectivity index (χ1v) is 6.68. The second-order valence-corrected chi connectivity index (χ2v) is 5.51. The zero-order chi connectivity index (χ0) is 11.5. The van der Waals surface area contributed by atoms with Crippen molar-refractivity contribution in [3.05, 3.63) is 34.1 Å². The van der Waals surface area contributed by atoms with Gasteiger partial charge < -0.3 is 5.73 Å². The Morgan fingerprint density at radius 1 is 1.24 bits per heavy atom. The molecule has 1 saturated carbocycles. The Bertz CT molecular complexity index is 366. The van der Waals surface area contributed by atoms with Gasteiger partial charge in [0.15, 0.2) is 0 Å². The van der Waals surface area contributed by atoms with Crippen LogP contribution < -0.4 is 5.73 Å². The van der Waals surface area contributed by atoms with Gasteiger partial charge in [0.05, 0.1) is 0 Å². The molecule has 96 valence electrons. The average Bonchev–Trinajstić information content (AvgIpc) is 2.29. The van der Waals surface area contributed by atoms with E-state index in [4.69, 9.17) is 5.73 Å². The molecular formula is C13H18BrClFN. The Labute approximate surface area is 117 Å². The maximum absolute atomic E-state index is 13.7. The quantitative estimate of drug-likeness (QED) is 0.846. The lowest BCUT2D eigenvalue weighted by Gasteiger charge is -2.28. The van der Waals surface area contributed by atoms with E-state index in [2.05, 4.69) is 15.9 Å². The van der Waals surface area contributed by atoms with E-state index in [1.165, 1.54) is 25.3 Å². The summed E-state index contributed by atoms with van der Waals surface area (Å²) < 4.78 is 14.5. The van der Waals surface area contributed by atoms with E-state index in [1.54, 1.807) is 6.07 Å². The molecule has 0 spiro atoms. The Morgan fingerprint density at radius 2 is 1.88 bits per heavy atom. The van der Waals surface area contributed by atoms with Crippen molar-refractivity contribution in [1.82, 2.24) is 0 Å². The summed E-state index contributed by atoms with van der Waals surface area (Å²) in [5, 5.41) is 0. The summed E-state index contributed by atoms with van der Waals surface area (Å²) in [4.78, 5) is 0. The second kappa shape index (κ2) is 6.72. The maximum Gasteiger partial charge on any atom is 0.129 e. The van der Waals surface area contributed by atoms with Gasteiger partial charge >= 0.3 is 0 Å². The van der Waals surface area contributed by atoms with Crippen LogP contribution in [-0.4, -0.2) is 0 Å². The SMILES string of the molecule is Cl.N[C@H](c1ccc(Br)cc1F)C1CCCCC1. The fourth-order valence-electron chi connectivity index (χ4n) is 2.52. The Kier molecular flexibility index (Phi) is 5.90. The lowest BCUT2D eigenvalue weighted by molar-refractivity contribution is 0.303. The summed E-state index contributed by atoms with van der Waals surface area (Å²) in [5.41, 5.74) is 6.83. The number of hydrogen-bond acceptors (Lipinski definition) is 1. The zero-order valence-corrected chi connectivity index (χ0v) is 12.1. The van der Waals surface area contributed by atoms with Crippen LogP contribution in [0.15, 0.2) is 22.7 Å². The summed E-state index contributed by atoms with van der Waals surface area (Å²) in [6, 6.07) is 5.02. The number of hydrogen-bond donors (Lipinski definition) is 1. The van der Waals surface area contributed by atoms with Crippen molar-refractivity contribution >= 4 is 28.3 Å². The third-order valence-corrected chi connectivity index (χ3v) is 3.97. The predicted octanol–water partition coefficient (Wildman–Crippen LogP) is 4.59.